The Balaban J connectivity index is 1.91. The van der Waals surface area contributed by atoms with E-state index in [4.69, 9.17) is 4.74 Å². The molecule has 0 bridgehead atoms. The highest BCUT2D eigenvalue weighted by molar-refractivity contribution is 7.89. The van der Waals surface area contributed by atoms with Gasteiger partial charge in [-0.15, -0.1) is 0 Å². The molecule has 1 aliphatic heterocycles. The summed E-state index contributed by atoms with van der Waals surface area (Å²) in [4.78, 5) is 16.4. The van der Waals surface area contributed by atoms with Crippen LogP contribution in [0.15, 0.2) is 47.4 Å². The van der Waals surface area contributed by atoms with Gasteiger partial charge >= 0.3 is 5.97 Å². The van der Waals surface area contributed by atoms with Crippen molar-refractivity contribution in [1.82, 2.24) is 9.29 Å². The summed E-state index contributed by atoms with van der Waals surface area (Å²) in [5.41, 5.74) is 0.679. The van der Waals surface area contributed by atoms with Gasteiger partial charge in [0.1, 0.15) is 11.6 Å². The van der Waals surface area contributed by atoms with Crippen LogP contribution < -0.4 is 4.74 Å². The number of nitrogens with zero attached hydrogens (tertiary/aromatic N) is 2. The first-order valence-corrected chi connectivity index (χ1v) is 10.8. The molecule has 1 aliphatic rings. The van der Waals surface area contributed by atoms with Crippen LogP contribution in [0.25, 0.3) is 22.2 Å². The molecule has 0 unspecified atom stereocenters. The van der Waals surface area contributed by atoms with Gasteiger partial charge in [-0.25, -0.2) is 22.6 Å². The molecule has 2 aromatic carbocycles. The lowest BCUT2D eigenvalue weighted by Crippen LogP contribution is -2.27. The SMILES string of the molecule is COc1ccc(F)cc1-c1cc(C(=O)O)c2cc(S(=O)(=O)N3CCCC3)ccc2n1. The molecule has 1 N–H and O–H groups in total. The van der Waals surface area contributed by atoms with Crippen LogP contribution in [0.5, 0.6) is 5.75 Å². The smallest absolute Gasteiger partial charge is 0.336 e. The maximum Gasteiger partial charge on any atom is 0.336 e. The van der Waals surface area contributed by atoms with Crippen molar-refractivity contribution in [2.75, 3.05) is 20.2 Å². The predicted molar refractivity (Wildman–Crippen MR) is 109 cm³/mol. The highest BCUT2D eigenvalue weighted by Gasteiger charge is 2.28. The van der Waals surface area contributed by atoms with Crippen LogP contribution in [0.2, 0.25) is 0 Å². The Bertz CT molecular complexity index is 1250. The van der Waals surface area contributed by atoms with E-state index < -0.39 is 21.8 Å². The maximum atomic E-state index is 13.8. The number of ether oxygens (including phenoxy) is 1. The summed E-state index contributed by atoms with van der Waals surface area (Å²) < 4.78 is 46.2. The van der Waals surface area contributed by atoms with Gasteiger partial charge in [0.2, 0.25) is 10.0 Å². The zero-order valence-corrected chi connectivity index (χ0v) is 16.9. The Kier molecular flexibility index (Phi) is 5.17. The highest BCUT2D eigenvalue weighted by atomic mass is 32.2. The van der Waals surface area contributed by atoms with Crippen LogP contribution in [-0.4, -0.2) is 49.0 Å². The normalized spacial score (nSPS) is 14.9. The van der Waals surface area contributed by atoms with E-state index in [2.05, 4.69) is 4.98 Å². The van der Waals surface area contributed by atoms with Crippen LogP contribution in [0.1, 0.15) is 23.2 Å². The number of carboxylic acid groups (broad SMARTS) is 1. The number of rotatable bonds is 5. The number of methoxy groups -OCH3 is 1. The second-order valence-electron chi connectivity index (χ2n) is 6.99. The highest BCUT2D eigenvalue weighted by Crippen LogP contribution is 2.33. The fourth-order valence-corrected chi connectivity index (χ4v) is 5.18. The molecule has 1 saturated heterocycles. The molecule has 2 heterocycles. The van der Waals surface area contributed by atoms with Gasteiger partial charge in [0, 0.05) is 24.0 Å². The van der Waals surface area contributed by atoms with Gasteiger partial charge in [0.15, 0.2) is 0 Å². The quantitative estimate of drug-likeness (QED) is 0.665. The minimum absolute atomic E-state index is 0.0253. The minimum atomic E-state index is -3.71. The Hall–Kier alpha value is -3.04. The standard InChI is InChI=1S/C21H19FN2O5S/c1-29-20-7-4-13(22)10-17(20)19-12-16(21(25)26)15-11-14(5-6-18(15)23-19)30(27,28)24-8-2-3-9-24/h4-7,10-12H,2-3,8-9H2,1H3,(H,25,26). The van der Waals surface area contributed by atoms with Crippen LogP contribution in [-0.2, 0) is 10.0 Å². The number of aromatic carboxylic acids is 1. The number of sulfonamides is 1. The molecule has 1 fully saturated rings. The Morgan fingerprint density at radius 2 is 1.87 bits per heavy atom. The number of aromatic nitrogens is 1. The van der Waals surface area contributed by atoms with Crippen molar-refractivity contribution < 1.29 is 27.4 Å². The topological polar surface area (TPSA) is 96.8 Å². The predicted octanol–water partition coefficient (Wildman–Crippen LogP) is 3.53. The molecule has 3 aromatic rings. The number of carbonyl (C=O) groups is 1. The first kappa shape index (κ1) is 20.2. The van der Waals surface area contributed by atoms with Crippen LogP contribution in [0.3, 0.4) is 0 Å². The summed E-state index contributed by atoms with van der Waals surface area (Å²) in [6.07, 6.45) is 1.60. The number of carboxylic acids is 1. The number of fused-ring (bicyclic) bond motifs is 1. The monoisotopic (exact) mass is 430 g/mol. The van der Waals surface area contributed by atoms with Crippen molar-refractivity contribution in [2.45, 2.75) is 17.7 Å². The molecular weight excluding hydrogens is 411 g/mol. The van der Waals surface area contributed by atoms with E-state index >= 15 is 0 Å². The molecule has 4 rings (SSSR count). The molecule has 30 heavy (non-hydrogen) atoms. The molecule has 1 aromatic heterocycles. The summed E-state index contributed by atoms with van der Waals surface area (Å²) >= 11 is 0. The van der Waals surface area contributed by atoms with Crippen LogP contribution >= 0.6 is 0 Å². The van der Waals surface area contributed by atoms with Crippen molar-refractivity contribution in [3.05, 3.63) is 53.8 Å². The summed E-state index contributed by atoms with van der Waals surface area (Å²) in [6, 6.07) is 9.41. The van der Waals surface area contributed by atoms with Crippen molar-refractivity contribution in [3.63, 3.8) is 0 Å². The lowest BCUT2D eigenvalue weighted by atomic mass is 10.0. The Morgan fingerprint density at radius 3 is 2.53 bits per heavy atom. The minimum Gasteiger partial charge on any atom is -0.496 e. The van der Waals surface area contributed by atoms with Crippen molar-refractivity contribution >= 4 is 26.9 Å². The summed E-state index contributed by atoms with van der Waals surface area (Å²) in [7, 11) is -2.29. The first-order chi connectivity index (χ1) is 14.3. The van der Waals surface area contributed by atoms with E-state index in [9.17, 15) is 22.7 Å². The van der Waals surface area contributed by atoms with E-state index in [1.807, 2.05) is 0 Å². The zero-order chi connectivity index (χ0) is 21.5. The van der Waals surface area contributed by atoms with Gasteiger partial charge in [0.25, 0.3) is 0 Å². The maximum absolute atomic E-state index is 13.8. The van der Waals surface area contributed by atoms with Crippen molar-refractivity contribution in [1.29, 1.82) is 0 Å². The molecule has 0 atom stereocenters. The number of halogens is 1. The third-order valence-electron chi connectivity index (χ3n) is 5.15. The number of hydrogen-bond acceptors (Lipinski definition) is 5. The van der Waals surface area contributed by atoms with E-state index in [1.54, 1.807) is 0 Å². The Labute approximate surface area is 172 Å². The number of hydrogen-bond donors (Lipinski definition) is 1. The lowest BCUT2D eigenvalue weighted by Gasteiger charge is -2.16. The summed E-state index contributed by atoms with van der Waals surface area (Å²) in [5, 5.41) is 9.94. The molecule has 7 nitrogen and oxygen atoms in total. The lowest BCUT2D eigenvalue weighted by molar-refractivity contribution is 0.0699. The summed E-state index contributed by atoms with van der Waals surface area (Å²) in [5.74, 6) is -1.42. The number of benzene rings is 2. The zero-order valence-electron chi connectivity index (χ0n) is 16.1. The van der Waals surface area contributed by atoms with E-state index in [1.165, 1.54) is 53.9 Å². The fraction of sp³-hybridized carbons (Fsp3) is 0.238. The fourth-order valence-electron chi connectivity index (χ4n) is 3.64. The van der Waals surface area contributed by atoms with Crippen LogP contribution in [0.4, 0.5) is 4.39 Å². The molecule has 0 radical (unpaired) electrons. The van der Waals surface area contributed by atoms with Gasteiger partial charge in [0.05, 0.1) is 28.8 Å². The summed E-state index contributed by atoms with van der Waals surface area (Å²) in [6.45, 7) is 0.894. The second-order valence-corrected chi connectivity index (χ2v) is 8.93. The van der Waals surface area contributed by atoms with Crippen molar-refractivity contribution in [2.24, 2.45) is 0 Å². The third kappa shape index (κ3) is 3.50. The molecule has 0 saturated carbocycles. The van der Waals surface area contributed by atoms with Crippen molar-refractivity contribution in [3.8, 4) is 17.0 Å². The van der Waals surface area contributed by atoms with Gasteiger partial charge in [-0.3, -0.25) is 0 Å². The molecule has 9 heteroatoms. The average molecular weight is 430 g/mol. The molecular formula is C21H19FN2O5S. The van der Waals surface area contributed by atoms with Gasteiger partial charge in [-0.2, -0.15) is 4.31 Å². The number of pyridine rings is 1. The van der Waals surface area contributed by atoms with E-state index in [0.717, 1.165) is 12.8 Å². The molecule has 0 aliphatic carbocycles. The van der Waals surface area contributed by atoms with E-state index in [0.29, 0.717) is 24.4 Å². The van der Waals surface area contributed by atoms with Gasteiger partial charge in [-0.1, -0.05) is 0 Å². The largest absolute Gasteiger partial charge is 0.496 e. The first-order valence-electron chi connectivity index (χ1n) is 9.33. The van der Waals surface area contributed by atoms with Crippen LogP contribution in [0, 0.1) is 5.82 Å². The van der Waals surface area contributed by atoms with E-state index in [-0.39, 0.29) is 27.1 Å². The third-order valence-corrected chi connectivity index (χ3v) is 7.05. The average Bonchev–Trinajstić information content (AvgIpc) is 3.28. The van der Waals surface area contributed by atoms with Gasteiger partial charge < -0.3 is 9.84 Å². The Morgan fingerprint density at radius 1 is 1.13 bits per heavy atom. The van der Waals surface area contributed by atoms with Gasteiger partial charge in [-0.05, 0) is 55.3 Å². The molecule has 0 amide bonds. The second kappa shape index (κ2) is 7.66. The molecule has 0 spiro atoms. The molecule has 156 valence electrons.